The smallest absolute Gasteiger partial charge is 0.264 e. The van der Waals surface area contributed by atoms with Crippen molar-refractivity contribution in [2.75, 3.05) is 5.43 Å². The fourth-order valence-electron chi connectivity index (χ4n) is 1.58. The molecule has 0 aliphatic rings. The van der Waals surface area contributed by atoms with E-state index >= 15 is 0 Å². The number of pyridine rings is 1. The first-order valence-electron chi connectivity index (χ1n) is 5.76. The lowest BCUT2D eigenvalue weighted by atomic mass is 10.2. The highest BCUT2D eigenvalue weighted by molar-refractivity contribution is 5.98. The monoisotopic (exact) mass is 245 g/mol. The van der Waals surface area contributed by atoms with Crippen molar-refractivity contribution < 1.29 is 13.9 Å². The van der Waals surface area contributed by atoms with Crippen LogP contribution in [0.2, 0.25) is 0 Å². The summed E-state index contributed by atoms with van der Waals surface area (Å²) in [7, 11) is 0. The number of benzene rings is 1. The third-order valence-corrected chi connectivity index (χ3v) is 2.62. The molecule has 0 saturated carbocycles. The van der Waals surface area contributed by atoms with Gasteiger partial charge in [-0.2, -0.15) is 0 Å². The molecule has 1 aromatic heterocycles. The van der Waals surface area contributed by atoms with Crippen molar-refractivity contribution in [1.29, 1.82) is 0 Å². The summed E-state index contributed by atoms with van der Waals surface area (Å²) in [6, 6.07) is 9.43. The summed E-state index contributed by atoms with van der Waals surface area (Å²) in [5, 5.41) is 0. The Labute approximate surface area is 105 Å². The van der Waals surface area contributed by atoms with Crippen molar-refractivity contribution in [2.24, 2.45) is 0 Å². The van der Waals surface area contributed by atoms with Crippen LogP contribution < -0.4 is 10.1 Å². The number of carbonyl (C=O) groups is 1. The lowest BCUT2D eigenvalue weighted by molar-refractivity contribution is -0.641. The Morgan fingerprint density at radius 1 is 1.28 bits per heavy atom. The standard InChI is InChI=1S/C14H13FN2O/c1-2-11-6-8-17(9-7-11)16-14(18)12-4-3-5-13(15)10-12/h3-10H,2H2,1H3/p+1. The van der Waals surface area contributed by atoms with Crippen LogP contribution >= 0.6 is 0 Å². The normalized spacial score (nSPS) is 10.1. The number of aryl methyl sites for hydroxylation is 1. The SMILES string of the molecule is CCc1cc[n+](NC(=O)c2cccc(F)c2)cc1. The number of nitrogens with one attached hydrogen (secondary N) is 1. The number of hydrogen-bond acceptors (Lipinski definition) is 1. The Morgan fingerprint density at radius 2 is 2.00 bits per heavy atom. The van der Waals surface area contributed by atoms with Gasteiger partial charge in [0, 0.05) is 17.7 Å². The summed E-state index contributed by atoms with van der Waals surface area (Å²) >= 11 is 0. The zero-order valence-corrected chi connectivity index (χ0v) is 10.1. The first-order valence-corrected chi connectivity index (χ1v) is 5.76. The first kappa shape index (κ1) is 12.2. The van der Waals surface area contributed by atoms with Crippen LogP contribution in [0.3, 0.4) is 0 Å². The second kappa shape index (κ2) is 5.40. The predicted octanol–water partition coefficient (Wildman–Crippen LogP) is 2.06. The zero-order valence-electron chi connectivity index (χ0n) is 10.1. The summed E-state index contributed by atoms with van der Waals surface area (Å²) in [5.41, 5.74) is 4.13. The Bertz CT molecular complexity index is 552. The summed E-state index contributed by atoms with van der Waals surface area (Å²) in [4.78, 5) is 11.8. The second-order valence-corrected chi connectivity index (χ2v) is 3.92. The van der Waals surface area contributed by atoms with Gasteiger partial charge in [-0.3, -0.25) is 4.79 Å². The van der Waals surface area contributed by atoms with Gasteiger partial charge in [0.1, 0.15) is 5.82 Å². The summed E-state index contributed by atoms with van der Waals surface area (Å²) in [6.45, 7) is 2.06. The summed E-state index contributed by atoms with van der Waals surface area (Å²) in [5.74, 6) is -0.766. The van der Waals surface area contributed by atoms with E-state index < -0.39 is 5.82 Å². The maximum Gasteiger partial charge on any atom is 0.305 e. The minimum atomic E-state index is -0.422. The van der Waals surface area contributed by atoms with Crippen molar-refractivity contribution in [3.05, 3.63) is 65.7 Å². The molecule has 3 nitrogen and oxygen atoms in total. The number of halogens is 1. The molecule has 0 spiro atoms. The second-order valence-electron chi connectivity index (χ2n) is 3.92. The van der Waals surface area contributed by atoms with Crippen LogP contribution in [0.5, 0.6) is 0 Å². The maximum absolute atomic E-state index is 13.0. The predicted molar refractivity (Wildman–Crippen MR) is 66.1 cm³/mol. The van der Waals surface area contributed by atoms with E-state index in [0.29, 0.717) is 5.56 Å². The average Bonchev–Trinajstić information content (AvgIpc) is 2.39. The van der Waals surface area contributed by atoms with Gasteiger partial charge < -0.3 is 0 Å². The zero-order chi connectivity index (χ0) is 13.0. The molecule has 2 rings (SSSR count). The van der Waals surface area contributed by atoms with Crippen molar-refractivity contribution in [2.45, 2.75) is 13.3 Å². The summed E-state index contributed by atoms with van der Waals surface area (Å²) in [6.07, 6.45) is 4.46. The van der Waals surface area contributed by atoms with Gasteiger partial charge in [0.05, 0.1) is 0 Å². The van der Waals surface area contributed by atoms with E-state index in [1.165, 1.54) is 23.8 Å². The highest BCUT2D eigenvalue weighted by atomic mass is 19.1. The van der Waals surface area contributed by atoms with Gasteiger partial charge in [-0.15, -0.1) is 5.43 Å². The Kier molecular flexibility index (Phi) is 3.67. The molecule has 4 heteroatoms. The van der Waals surface area contributed by atoms with Crippen LogP contribution in [0.15, 0.2) is 48.8 Å². The Hall–Kier alpha value is -2.23. The number of rotatable bonds is 3. The molecule has 0 unspecified atom stereocenters. The van der Waals surface area contributed by atoms with Crippen molar-refractivity contribution in [3.63, 3.8) is 0 Å². The summed E-state index contributed by atoms with van der Waals surface area (Å²) < 4.78 is 14.5. The molecule has 2 aromatic rings. The molecule has 0 atom stereocenters. The molecule has 1 amide bonds. The lowest BCUT2D eigenvalue weighted by Crippen LogP contribution is -2.47. The van der Waals surface area contributed by atoms with Gasteiger partial charge in [0.15, 0.2) is 12.4 Å². The average molecular weight is 245 g/mol. The number of hydrogen-bond donors (Lipinski definition) is 1. The van der Waals surface area contributed by atoms with E-state index in [2.05, 4.69) is 12.3 Å². The van der Waals surface area contributed by atoms with Gasteiger partial charge in [-0.1, -0.05) is 17.7 Å². The highest BCUT2D eigenvalue weighted by Gasteiger charge is 2.10. The van der Waals surface area contributed by atoms with E-state index in [-0.39, 0.29) is 5.91 Å². The van der Waals surface area contributed by atoms with E-state index in [1.54, 1.807) is 23.1 Å². The fourth-order valence-corrected chi connectivity index (χ4v) is 1.58. The van der Waals surface area contributed by atoms with Gasteiger partial charge in [0.2, 0.25) is 0 Å². The molecule has 0 bridgehead atoms. The van der Waals surface area contributed by atoms with E-state index in [1.807, 2.05) is 12.1 Å². The highest BCUT2D eigenvalue weighted by Crippen LogP contribution is 2.03. The van der Waals surface area contributed by atoms with Gasteiger partial charge in [-0.25, -0.2) is 4.39 Å². The van der Waals surface area contributed by atoms with Crippen LogP contribution in [0.1, 0.15) is 22.8 Å². The minimum absolute atomic E-state index is 0.294. The van der Waals surface area contributed by atoms with Crippen LogP contribution in [0.4, 0.5) is 4.39 Å². The molecule has 0 aliphatic carbocycles. The molecule has 0 aliphatic heterocycles. The van der Waals surface area contributed by atoms with Gasteiger partial charge in [-0.05, 0) is 30.2 Å². The third kappa shape index (κ3) is 2.91. The van der Waals surface area contributed by atoms with Gasteiger partial charge >= 0.3 is 5.91 Å². The number of amides is 1. The molecule has 0 saturated heterocycles. The van der Waals surface area contributed by atoms with Crippen molar-refractivity contribution >= 4 is 5.91 Å². The van der Waals surface area contributed by atoms with Gasteiger partial charge in [0.25, 0.3) is 0 Å². The molecule has 1 aromatic carbocycles. The molecular weight excluding hydrogens is 231 g/mol. The third-order valence-electron chi connectivity index (χ3n) is 2.62. The maximum atomic E-state index is 13.0. The van der Waals surface area contributed by atoms with Crippen molar-refractivity contribution in [1.82, 2.24) is 0 Å². The van der Waals surface area contributed by atoms with Crippen LogP contribution in [-0.4, -0.2) is 5.91 Å². The minimum Gasteiger partial charge on any atom is -0.264 e. The molecule has 1 N–H and O–H groups in total. The Balaban J connectivity index is 2.11. The quantitative estimate of drug-likeness (QED) is 0.825. The van der Waals surface area contributed by atoms with Crippen LogP contribution in [-0.2, 0) is 6.42 Å². The van der Waals surface area contributed by atoms with E-state index in [4.69, 9.17) is 0 Å². The first-order chi connectivity index (χ1) is 8.69. The lowest BCUT2D eigenvalue weighted by Gasteiger charge is -2.00. The van der Waals surface area contributed by atoms with Crippen LogP contribution in [0.25, 0.3) is 0 Å². The van der Waals surface area contributed by atoms with Crippen molar-refractivity contribution in [3.8, 4) is 0 Å². The Morgan fingerprint density at radius 3 is 2.61 bits per heavy atom. The van der Waals surface area contributed by atoms with E-state index in [0.717, 1.165) is 6.42 Å². The number of aromatic nitrogens is 1. The molecule has 0 radical (unpaired) electrons. The molecular formula is C14H14FN2O+. The molecule has 1 heterocycles. The largest absolute Gasteiger partial charge is 0.305 e. The molecule has 92 valence electrons. The fraction of sp³-hybridized carbons (Fsp3) is 0.143. The number of nitrogens with zero attached hydrogens (tertiary/aromatic N) is 1. The molecule has 0 fully saturated rings. The van der Waals surface area contributed by atoms with E-state index in [9.17, 15) is 9.18 Å². The number of carbonyl (C=O) groups excluding carboxylic acids is 1. The molecule has 18 heavy (non-hydrogen) atoms. The topological polar surface area (TPSA) is 33.0 Å². The van der Waals surface area contributed by atoms with Crippen LogP contribution in [0, 0.1) is 5.82 Å².